The Hall–Kier alpha value is -3.82. The lowest BCUT2D eigenvalue weighted by Crippen LogP contribution is -2.19. The number of hydrogen-bond acceptors (Lipinski definition) is 6. The van der Waals surface area contributed by atoms with Crippen molar-refractivity contribution in [3.8, 4) is 16.9 Å². The van der Waals surface area contributed by atoms with E-state index in [1.165, 1.54) is 6.07 Å². The maximum atomic E-state index is 13.2. The van der Waals surface area contributed by atoms with Gasteiger partial charge in [-0.15, -0.1) is 0 Å². The van der Waals surface area contributed by atoms with Gasteiger partial charge in [0.15, 0.2) is 0 Å². The summed E-state index contributed by atoms with van der Waals surface area (Å²) in [6.07, 6.45) is -7.58. The van der Waals surface area contributed by atoms with E-state index >= 15 is 0 Å². The Kier molecular flexibility index (Phi) is 7.85. The van der Waals surface area contributed by atoms with Gasteiger partial charge in [0.05, 0.1) is 13.0 Å². The Morgan fingerprint density at radius 3 is 2.57 bits per heavy atom. The average Bonchev–Trinajstić information content (AvgIpc) is 3.31. The third-order valence-electron chi connectivity index (χ3n) is 5.76. The molecule has 3 N–H and O–H groups in total. The third-order valence-corrected chi connectivity index (χ3v) is 5.76. The molecule has 0 radical (unpaired) electrons. The second-order valence-corrected chi connectivity index (χ2v) is 8.44. The van der Waals surface area contributed by atoms with E-state index in [9.17, 15) is 23.1 Å². The second kappa shape index (κ2) is 11.1. The molecule has 0 saturated heterocycles. The number of hydrogen-bond donors (Lipinski definition) is 2. The van der Waals surface area contributed by atoms with E-state index in [2.05, 4.69) is 0 Å². The number of halogens is 3. The first-order valence-electron chi connectivity index (χ1n) is 11.7. The second-order valence-electron chi connectivity index (χ2n) is 8.44. The van der Waals surface area contributed by atoms with Crippen LogP contribution in [0.1, 0.15) is 35.5 Å². The molecule has 0 aliphatic rings. The number of para-hydroxylation sites is 1. The molecule has 9 heteroatoms. The van der Waals surface area contributed by atoms with Crippen molar-refractivity contribution in [2.45, 2.75) is 38.8 Å². The molecule has 1 unspecified atom stereocenters. The zero-order valence-corrected chi connectivity index (χ0v) is 20.0. The smallest absolute Gasteiger partial charge is 0.421 e. The van der Waals surface area contributed by atoms with Gasteiger partial charge in [-0.2, -0.15) is 13.2 Å². The van der Waals surface area contributed by atoms with Crippen LogP contribution < -0.4 is 10.5 Å². The minimum Gasteiger partial charge on any atom is -0.489 e. The standard InChI is InChI=1S/C28H26F3NO5/c1-2-35-25(33)14-20-7-3-4-9-23(20)36-16-18-11-21-13-24(27(34)28(29,30)31)37-26(21)22(12-18)19-8-5-6-17(10-19)15-32/h3-13,27,34H,2,14-16,32H2,1H3. The van der Waals surface area contributed by atoms with Gasteiger partial charge in [-0.25, -0.2) is 0 Å². The van der Waals surface area contributed by atoms with Crippen molar-refractivity contribution < 1.29 is 37.0 Å². The SMILES string of the molecule is CCOC(=O)Cc1ccccc1OCc1cc(-c2cccc(CN)c2)c2oc(C(O)C(F)(F)F)cc2c1. The van der Waals surface area contributed by atoms with Crippen molar-refractivity contribution in [2.75, 3.05) is 6.61 Å². The van der Waals surface area contributed by atoms with Gasteiger partial charge in [-0.1, -0.05) is 36.4 Å². The van der Waals surface area contributed by atoms with Gasteiger partial charge >= 0.3 is 12.1 Å². The van der Waals surface area contributed by atoms with Crippen LogP contribution in [0.25, 0.3) is 22.1 Å². The van der Waals surface area contributed by atoms with Gasteiger partial charge in [0.25, 0.3) is 0 Å². The van der Waals surface area contributed by atoms with Gasteiger partial charge in [0.1, 0.15) is 23.7 Å². The Morgan fingerprint density at radius 2 is 1.84 bits per heavy atom. The number of carbonyl (C=O) groups is 1. The summed E-state index contributed by atoms with van der Waals surface area (Å²) in [6, 6.07) is 18.9. The highest BCUT2D eigenvalue weighted by Crippen LogP contribution is 2.39. The normalized spacial score (nSPS) is 12.5. The van der Waals surface area contributed by atoms with Crippen LogP contribution in [0.5, 0.6) is 5.75 Å². The van der Waals surface area contributed by atoms with E-state index in [4.69, 9.17) is 19.6 Å². The molecule has 194 valence electrons. The number of alkyl halides is 3. The molecule has 1 aromatic heterocycles. The molecule has 6 nitrogen and oxygen atoms in total. The number of ether oxygens (including phenoxy) is 2. The Labute approximate surface area is 211 Å². The number of rotatable bonds is 9. The molecule has 1 atom stereocenters. The lowest BCUT2D eigenvalue weighted by Gasteiger charge is -2.13. The van der Waals surface area contributed by atoms with Crippen molar-refractivity contribution in [3.05, 3.63) is 89.2 Å². The molecule has 1 heterocycles. The molecule has 0 aliphatic carbocycles. The minimum absolute atomic E-state index is 0.0423. The molecule has 37 heavy (non-hydrogen) atoms. The first-order valence-corrected chi connectivity index (χ1v) is 11.7. The molecule has 0 spiro atoms. The fraction of sp³-hybridized carbons (Fsp3) is 0.250. The highest BCUT2D eigenvalue weighted by atomic mass is 19.4. The van der Waals surface area contributed by atoms with Crippen molar-refractivity contribution in [1.29, 1.82) is 0 Å². The molecule has 0 fully saturated rings. The van der Waals surface area contributed by atoms with E-state index in [0.717, 1.165) is 5.56 Å². The van der Waals surface area contributed by atoms with Crippen LogP contribution >= 0.6 is 0 Å². The molecule has 0 aliphatic heterocycles. The van der Waals surface area contributed by atoms with E-state index in [-0.39, 0.29) is 37.7 Å². The zero-order chi connectivity index (χ0) is 26.6. The van der Waals surface area contributed by atoms with Gasteiger partial charge in [-0.3, -0.25) is 4.79 Å². The Bertz CT molecular complexity index is 1400. The van der Waals surface area contributed by atoms with E-state index < -0.39 is 18.0 Å². The summed E-state index contributed by atoms with van der Waals surface area (Å²) < 4.78 is 56.1. The van der Waals surface area contributed by atoms with Crippen LogP contribution in [0, 0.1) is 0 Å². The van der Waals surface area contributed by atoms with Crippen LogP contribution in [0.3, 0.4) is 0 Å². The summed E-state index contributed by atoms with van der Waals surface area (Å²) >= 11 is 0. The summed E-state index contributed by atoms with van der Waals surface area (Å²) in [5.74, 6) is -0.490. The number of furan rings is 1. The number of aliphatic hydroxyl groups is 1. The van der Waals surface area contributed by atoms with Crippen molar-refractivity contribution in [3.63, 3.8) is 0 Å². The minimum atomic E-state index is -4.87. The quantitative estimate of drug-likeness (QED) is 0.273. The number of carbonyl (C=O) groups excluding carboxylic acids is 1. The lowest BCUT2D eigenvalue weighted by molar-refractivity contribution is -0.211. The predicted molar refractivity (Wildman–Crippen MR) is 132 cm³/mol. The predicted octanol–water partition coefficient (Wildman–Crippen LogP) is 5.84. The van der Waals surface area contributed by atoms with Crippen molar-refractivity contribution >= 4 is 16.9 Å². The number of nitrogens with two attached hydrogens (primary N) is 1. The number of aliphatic hydroxyl groups excluding tert-OH is 1. The number of benzene rings is 3. The molecular formula is C28H26F3NO5. The summed E-state index contributed by atoms with van der Waals surface area (Å²) in [4.78, 5) is 12.0. The van der Waals surface area contributed by atoms with Crippen molar-refractivity contribution in [2.24, 2.45) is 5.73 Å². The number of fused-ring (bicyclic) bond motifs is 1. The van der Waals surface area contributed by atoms with Crippen LogP contribution in [0.15, 0.2) is 71.1 Å². The summed E-state index contributed by atoms with van der Waals surface area (Å²) in [5.41, 5.74) is 9.35. The van der Waals surface area contributed by atoms with E-state index in [1.54, 1.807) is 55.5 Å². The van der Waals surface area contributed by atoms with E-state index in [0.29, 0.717) is 33.4 Å². The Balaban J connectivity index is 1.72. The summed E-state index contributed by atoms with van der Waals surface area (Å²) in [5, 5.41) is 10.1. The molecule has 0 saturated carbocycles. The first-order chi connectivity index (χ1) is 17.7. The topological polar surface area (TPSA) is 94.9 Å². The molecule has 3 aromatic carbocycles. The molecule has 4 rings (SSSR count). The summed E-state index contributed by atoms with van der Waals surface area (Å²) in [7, 11) is 0. The van der Waals surface area contributed by atoms with Crippen LogP contribution in [0.4, 0.5) is 13.2 Å². The largest absolute Gasteiger partial charge is 0.489 e. The summed E-state index contributed by atoms with van der Waals surface area (Å²) in [6.45, 7) is 2.35. The highest BCUT2D eigenvalue weighted by molar-refractivity contribution is 5.93. The van der Waals surface area contributed by atoms with Crippen LogP contribution in [0.2, 0.25) is 0 Å². The molecular weight excluding hydrogens is 487 g/mol. The highest BCUT2D eigenvalue weighted by Gasteiger charge is 2.41. The first kappa shape index (κ1) is 26.2. The molecule has 0 bridgehead atoms. The van der Waals surface area contributed by atoms with Crippen molar-refractivity contribution in [1.82, 2.24) is 0 Å². The van der Waals surface area contributed by atoms with Gasteiger partial charge < -0.3 is 24.7 Å². The van der Waals surface area contributed by atoms with Gasteiger partial charge in [0.2, 0.25) is 6.10 Å². The third kappa shape index (κ3) is 6.12. The van der Waals surface area contributed by atoms with Gasteiger partial charge in [0, 0.05) is 23.1 Å². The molecule has 4 aromatic rings. The van der Waals surface area contributed by atoms with E-state index in [1.807, 2.05) is 12.1 Å². The maximum absolute atomic E-state index is 13.2. The molecule has 0 amide bonds. The van der Waals surface area contributed by atoms with Crippen LogP contribution in [-0.4, -0.2) is 23.9 Å². The fourth-order valence-corrected chi connectivity index (χ4v) is 4.01. The monoisotopic (exact) mass is 513 g/mol. The fourth-order valence-electron chi connectivity index (χ4n) is 4.01. The average molecular weight is 514 g/mol. The number of esters is 1. The van der Waals surface area contributed by atoms with Gasteiger partial charge in [-0.05, 0) is 53.9 Å². The zero-order valence-electron chi connectivity index (χ0n) is 20.0. The lowest BCUT2D eigenvalue weighted by atomic mass is 9.99. The maximum Gasteiger partial charge on any atom is 0.421 e. The Morgan fingerprint density at radius 1 is 1.05 bits per heavy atom. The van der Waals surface area contributed by atoms with Crippen LogP contribution in [-0.2, 0) is 29.1 Å².